The Balaban J connectivity index is 0.000000127. The van der Waals surface area contributed by atoms with Crippen molar-refractivity contribution in [2.75, 3.05) is 0 Å². The van der Waals surface area contributed by atoms with Gasteiger partial charge in [0.15, 0.2) is 34.9 Å². The molecule has 14 aromatic carbocycles. The lowest BCUT2D eigenvalue weighted by atomic mass is 9.84. The fraction of sp³-hybridized carbons (Fsp3) is 0. The lowest BCUT2D eigenvalue weighted by Crippen LogP contribution is -2.16. The van der Waals surface area contributed by atoms with Crippen molar-refractivity contribution in [3.63, 3.8) is 0 Å². The Morgan fingerprint density at radius 1 is 0.266 bits per heavy atom. The Labute approximate surface area is 544 Å². The van der Waals surface area contributed by atoms with E-state index >= 15 is 0 Å². The Bertz CT molecular complexity index is 5870. The number of hydrogen-bond donors (Lipinski definition) is 1. The molecule has 0 unspecified atom stereocenters. The molecule has 0 atom stereocenters. The topological polar surface area (TPSA) is 133 Å². The highest BCUT2D eigenvalue weighted by molar-refractivity contribution is 6.51. The average Bonchev–Trinajstić information content (AvgIpc) is 1.60. The van der Waals surface area contributed by atoms with E-state index in [0.717, 1.165) is 110 Å². The highest BCUT2D eigenvalue weighted by atomic mass is 35.5. The number of aromatic nitrogens is 6. The third kappa shape index (κ3) is 11.4. The van der Waals surface area contributed by atoms with Gasteiger partial charge in [-0.15, -0.1) is 0 Å². The van der Waals surface area contributed by atoms with Crippen LogP contribution < -0.4 is 5.46 Å². The monoisotopic (exact) mass is 1230 g/mol. The van der Waals surface area contributed by atoms with Crippen LogP contribution in [-0.4, -0.2) is 42.6 Å². The minimum absolute atomic E-state index is 0.609. The molecule has 0 amide bonds. The van der Waals surface area contributed by atoms with E-state index in [1.807, 2.05) is 158 Å². The summed E-state index contributed by atoms with van der Waals surface area (Å²) >= 11 is 6.17. The maximum absolute atomic E-state index is 8.32. The van der Waals surface area contributed by atoms with Gasteiger partial charge in [-0.2, -0.15) is 0 Å². The minimum atomic E-state index is 0.609. The van der Waals surface area contributed by atoms with Gasteiger partial charge in [-0.25, -0.2) is 29.9 Å². The predicted octanol–water partition coefficient (Wildman–Crippen LogP) is 20.9. The first-order chi connectivity index (χ1) is 46.4. The van der Waals surface area contributed by atoms with Crippen LogP contribution in [0.4, 0.5) is 0 Å². The summed E-state index contributed by atoms with van der Waals surface area (Å²) in [4.78, 5) is 33.6. The van der Waals surface area contributed by atoms with Gasteiger partial charge in [-0.1, -0.05) is 236 Å². The SMILES string of the molecule is Clc1ccc2c(c1)oc1ccc(-c3nc(-c4ccccc4)nc(-c4ccc5ccccc5c4)n3)cc12.OO[B]c1cccc2ccccc12.c1ccc(-c2nc(-c3ccc4ccccc4c3)nc(-c3ccc4oc5cc(-c6cccc7ccccc67)ccc5c4c3)n2)cc1. The van der Waals surface area contributed by atoms with Crippen LogP contribution >= 0.6 is 11.6 Å². The van der Waals surface area contributed by atoms with Crippen molar-refractivity contribution in [3.8, 4) is 79.5 Å². The highest BCUT2D eigenvalue weighted by Gasteiger charge is 2.19. The molecular weight excluding hydrogens is 1180 g/mol. The number of benzene rings is 14. The van der Waals surface area contributed by atoms with E-state index in [2.05, 4.69) is 150 Å². The molecule has 443 valence electrons. The lowest BCUT2D eigenvalue weighted by molar-refractivity contribution is -0.135. The predicted molar refractivity (Wildman–Crippen MR) is 383 cm³/mol. The van der Waals surface area contributed by atoms with Gasteiger partial charge >= 0.3 is 7.48 Å². The molecule has 0 fully saturated rings. The van der Waals surface area contributed by atoms with Crippen LogP contribution in [0.15, 0.2) is 312 Å². The van der Waals surface area contributed by atoms with E-state index in [1.165, 1.54) is 34.6 Å². The quantitative estimate of drug-likeness (QED) is 0.0846. The Kier molecular flexibility index (Phi) is 15.2. The van der Waals surface area contributed by atoms with Gasteiger partial charge in [-0.3, -0.25) is 5.26 Å². The zero-order valence-corrected chi connectivity index (χ0v) is 50.9. The molecule has 0 saturated carbocycles. The second kappa shape index (κ2) is 25.0. The number of halogens is 1. The van der Waals surface area contributed by atoms with Crippen molar-refractivity contribution >= 4 is 112 Å². The van der Waals surface area contributed by atoms with Crippen LogP contribution in [0.25, 0.3) is 166 Å². The van der Waals surface area contributed by atoms with Gasteiger partial charge in [0, 0.05) is 66.0 Å². The molecule has 4 aromatic heterocycles. The molecule has 18 aromatic rings. The zero-order valence-electron chi connectivity index (χ0n) is 50.2. The molecule has 0 spiro atoms. The van der Waals surface area contributed by atoms with Crippen LogP contribution in [0.1, 0.15) is 0 Å². The second-order valence-electron chi connectivity index (χ2n) is 22.8. The van der Waals surface area contributed by atoms with Crippen LogP contribution in [0, 0.1) is 0 Å². The van der Waals surface area contributed by atoms with Gasteiger partial charge < -0.3 is 13.6 Å². The highest BCUT2D eigenvalue weighted by Crippen LogP contribution is 2.39. The van der Waals surface area contributed by atoms with Crippen molar-refractivity contribution in [2.24, 2.45) is 0 Å². The molecule has 12 heteroatoms. The summed E-state index contributed by atoms with van der Waals surface area (Å²) in [7, 11) is 1.32. The molecule has 0 aliphatic heterocycles. The van der Waals surface area contributed by atoms with Gasteiger partial charge in [-0.05, 0) is 132 Å². The number of furan rings is 2. The summed E-state index contributed by atoms with van der Waals surface area (Å²) < 4.78 is 12.4. The molecule has 0 aliphatic rings. The summed E-state index contributed by atoms with van der Waals surface area (Å²) in [5.41, 5.74) is 12.0. The summed E-state index contributed by atoms with van der Waals surface area (Å²) in [5, 5.41) is 22.3. The third-order valence-electron chi connectivity index (χ3n) is 16.9. The van der Waals surface area contributed by atoms with Crippen molar-refractivity contribution in [1.82, 2.24) is 29.9 Å². The van der Waals surface area contributed by atoms with E-state index in [4.69, 9.17) is 55.6 Å². The minimum Gasteiger partial charge on any atom is -0.456 e. The standard InChI is InChI=1S/C41H25N3O.C31H18ClN3O.C10H8BO2/c1-2-11-28(12-3-1)39-42-40(31-18-17-26-9-4-5-13-29(26)23-31)44-41(43-39)32-20-22-37-36(24-32)35-21-19-30(25-38(35)45-37)34-16-8-14-27-10-6-7-15-33(27)34;32-24-13-14-25-26-17-23(12-15-27(26)36-28(25)18-24)31-34-29(20-7-2-1-3-8-20)33-30(35-31)22-11-10-19-6-4-5-9-21(19)16-22;12-13-11-10-7-3-5-8-4-1-2-6-9(8)10/h1-25H;1-18H;1-7,12H. The van der Waals surface area contributed by atoms with E-state index in [1.54, 1.807) is 0 Å². The van der Waals surface area contributed by atoms with E-state index in [-0.39, 0.29) is 0 Å². The molecule has 0 aliphatic carbocycles. The van der Waals surface area contributed by atoms with E-state index in [9.17, 15) is 0 Å². The third-order valence-corrected chi connectivity index (χ3v) is 17.1. The normalized spacial score (nSPS) is 11.3. The summed E-state index contributed by atoms with van der Waals surface area (Å²) in [6.07, 6.45) is 0. The second-order valence-corrected chi connectivity index (χ2v) is 23.2. The Hall–Kier alpha value is -12.0. The van der Waals surface area contributed by atoms with Gasteiger partial charge in [0.25, 0.3) is 0 Å². The molecule has 18 rings (SSSR count). The first-order valence-electron chi connectivity index (χ1n) is 30.7. The van der Waals surface area contributed by atoms with E-state index < -0.39 is 0 Å². The number of rotatable bonds is 9. The number of fused-ring (bicyclic) bond motifs is 10. The van der Waals surface area contributed by atoms with Crippen molar-refractivity contribution in [1.29, 1.82) is 0 Å². The van der Waals surface area contributed by atoms with Crippen molar-refractivity contribution in [3.05, 3.63) is 308 Å². The summed E-state index contributed by atoms with van der Waals surface area (Å²) in [6, 6.07) is 102. The number of hydrogen-bond acceptors (Lipinski definition) is 10. The Morgan fingerprint density at radius 2 is 0.660 bits per heavy atom. The fourth-order valence-electron chi connectivity index (χ4n) is 12.2. The lowest BCUT2D eigenvalue weighted by Gasteiger charge is -2.09. The van der Waals surface area contributed by atoms with E-state index in [0.29, 0.717) is 40.0 Å². The molecule has 4 heterocycles. The molecular formula is C82H51BClN6O4. The van der Waals surface area contributed by atoms with Crippen LogP contribution in [0.5, 0.6) is 0 Å². The molecule has 10 nitrogen and oxygen atoms in total. The van der Waals surface area contributed by atoms with Gasteiger partial charge in [0.05, 0.1) is 0 Å². The molecule has 1 N–H and O–H groups in total. The molecule has 1 radical (unpaired) electrons. The fourth-order valence-corrected chi connectivity index (χ4v) is 12.4. The Morgan fingerprint density at radius 3 is 1.19 bits per heavy atom. The molecule has 94 heavy (non-hydrogen) atoms. The average molecular weight is 1230 g/mol. The summed E-state index contributed by atoms with van der Waals surface area (Å²) in [5.74, 6) is 3.77. The molecule has 0 saturated heterocycles. The first-order valence-corrected chi connectivity index (χ1v) is 31.1. The van der Waals surface area contributed by atoms with Crippen molar-refractivity contribution in [2.45, 2.75) is 0 Å². The smallest absolute Gasteiger partial charge is 0.381 e. The maximum Gasteiger partial charge on any atom is 0.381 e. The molecule has 0 bridgehead atoms. The van der Waals surface area contributed by atoms with Crippen molar-refractivity contribution < 1.29 is 18.9 Å². The maximum atomic E-state index is 8.32. The zero-order chi connectivity index (χ0) is 62.9. The largest absolute Gasteiger partial charge is 0.456 e. The van der Waals surface area contributed by atoms with Gasteiger partial charge in [0.1, 0.15) is 22.3 Å². The van der Waals surface area contributed by atoms with Crippen LogP contribution in [0.3, 0.4) is 0 Å². The van der Waals surface area contributed by atoms with Crippen LogP contribution in [0.2, 0.25) is 5.02 Å². The number of nitrogens with zero attached hydrogens (tertiary/aromatic N) is 6. The van der Waals surface area contributed by atoms with Gasteiger partial charge in [0.2, 0.25) is 0 Å². The summed E-state index contributed by atoms with van der Waals surface area (Å²) in [6.45, 7) is 0. The van der Waals surface area contributed by atoms with Crippen LogP contribution in [-0.2, 0) is 4.81 Å². The first kappa shape index (κ1) is 57.2.